The average Bonchev–Trinajstić information content (AvgIpc) is 2.97. The fraction of sp³-hybridized carbons (Fsp3) is 0.647. The van der Waals surface area contributed by atoms with Gasteiger partial charge in [0.05, 0.1) is 0 Å². The second-order valence-corrected chi connectivity index (χ2v) is 5.76. The van der Waals surface area contributed by atoms with Crippen LogP contribution in [0, 0.1) is 0 Å². The van der Waals surface area contributed by atoms with Gasteiger partial charge in [-0.1, -0.05) is 37.3 Å². The molecule has 1 aliphatic rings. The number of aryl methyl sites for hydroxylation is 1. The largest absolute Gasteiger partial charge is 0.315 e. The quantitative estimate of drug-likeness (QED) is 0.810. The number of benzene rings is 1. The van der Waals surface area contributed by atoms with E-state index in [1.807, 2.05) is 0 Å². The van der Waals surface area contributed by atoms with Crippen LogP contribution < -0.4 is 5.32 Å². The highest BCUT2D eigenvalue weighted by molar-refractivity contribution is 5.14. The van der Waals surface area contributed by atoms with Crippen LogP contribution in [0.3, 0.4) is 0 Å². The number of nitrogens with one attached hydrogen (secondary N) is 1. The first-order valence-electron chi connectivity index (χ1n) is 7.81. The molecule has 1 aromatic rings. The molecule has 2 rings (SSSR count). The summed E-state index contributed by atoms with van der Waals surface area (Å²) in [6, 6.07) is 12.3. The lowest BCUT2D eigenvalue weighted by Crippen LogP contribution is -2.43. The second kappa shape index (κ2) is 7.66. The molecule has 1 saturated heterocycles. The predicted molar refractivity (Wildman–Crippen MR) is 82.5 cm³/mol. The van der Waals surface area contributed by atoms with Crippen molar-refractivity contribution in [2.75, 3.05) is 19.6 Å². The van der Waals surface area contributed by atoms with E-state index in [2.05, 4.69) is 54.4 Å². The topological polar surface area (TPSA) is 15.3 Å². The van der Waals surface area contributed by atoms with Gasteiger partial charge in [0.25, 0.3) is 0 Å². The highest BCUT2D eigenvalue weighted by Gasteiger charge is 2.25. The van der Waals surface area contributed by atoms with Crippen molar-refractivity contribution in [2.24, 2.45) is 0 Å². The SMILES string of the molecule is CCCN(C(C)CCc1ccccc1)C1CCNC1. The highest BCUT2D eigenvalue weighted by Crippen LogP contribution is 2.17. The van der Waals surface area contributed by atoms with Crippen molar-refractivity contribution in [3.05, 3.63) is 35.9 Å². The third-order valence-corrected chi connectivity index (χ3v) is 4.24. The Balaban J connectivity index is 1.86. The first-order chi connectivity index (χ1) is 9.31. The van der Waals surface area contributed by atoms with Crippen LogP contribution >= 0.6 is 0 Å². The van der Waals surface area contributed by atoms with Gasteiger partial charge < -0.3 is 5.32 Å². The standard InChI is InChI=1S/C17H28N2/c1-3-13-19(17-11-12-18-14-17)15(2)9-10-16-7-5-4-6-8-16/h4-8,15,17-18H,3,9-14H2,1-2H3. The van der Waals surface area contributed by atoms with E-state index in [0.29, 0.717) is 6.04 Å². The maximum Gasteiger partial charge on any atom is 0.0235 e. The second-order valence-electron chi connectivity index (χ2n) is 5.76. The molecule has 1 aromatic carbocycles. The van der Waals surface area contributed by atoms with Gasteiger partial charge in [-0.15, -0.1) is 0 Å². The van der Waals surface area contributed by atoms with E-state index in [0.717, 1.165) is 6.04 Å². The Kier molecular flexibility index (Phi) is 5.87. The van der Waals surface area contributed by atoms with E-state index < -0.39 is 0 Å². The van der Waals surface area contributed by atoms with Crippen molar-refractivity contribution in [2.45, 2.75) is 51.6 Å². The monoisotopic (exact) mass is 260 g/mol. The minimum Gasteiger partial charge on any atom is -0.315 e. The molecule has 1 heterocycles. The van der Waals surface area contributed by atoms with Gasteiger partial charge in [0.1, 0.15) is 0 Å². The lowest BCUT2D eigenvalue weighted by atomic mass is 10.0. The number of rotatable bonds is 7. The summed E-state index contributed by atoms with van der Waals surface area (Å²) >= 11 is 0. The molecule has 19 heavy (non-hydrogen) atoms. The summed E-state index contributed by atoms with van der Waals surface area (Å²) in [5.74, 6) is 0. The minimum atomic E-state index is 0.685. The number of hydrogen-bond donors (Lipinski definition) is 1. The Labute approximate surface area is 118 Å². The molecule has 0 aromatic heterocycles. The van der Waals surface area contributed by atoms with Gasteiger partial charge >= 0.3 is 0 Å². The first-order valence-corrected chi connectivity index (χ1v) is 7.81. The Hall–Kier alpha value is -0.860. The predicted octanol–water partition coefficient (Wildman–Crippen LogP) is 3.08. The molecule has 0 amide bonds. The van der Waals surface area contributed by atoms with Gasteiger partial charge in [-0.25, -0.2) is 0 Å². The van der Waals surface area contributed by atoms with E-state index in [9.17, 15) is 0 Å². The van der Waals surface area contributed by atoms with Crippen molar-refractivity contribution in [3.63, 3.8) is 0 Å². The zero-order chi connectivity index (χ0) is 13.5. The smallest absolute Gasteiger partial charge is 0.0235 e. The van der Waals surface area contributed by atoms with Crippen molar-refractivity contribution in [3.8, 4) is 0 Å². The Bertz CT molecular complexity index is 344. The molecule has 2 heteroatoms. The van der Waals surface area contributed by atoms with Gasteiger partial charge in [0.2, 0.25) is 0 Å². The molecule has 0 saturated carbocycles. The minimum absolute atomic E-state index is 0.685. The van der Waals surface area contributed by atoms with Gasteiger partial charge in [0.15, 0.2) is 0 Å². The third-order valence-electron chi connectivity index (χ3n) is 4.24. The molecule has 1 fully saturated rings. The molecular formula is C17H28N2. The van der Waals surface area contributed by atoms with Gasteiger partial charge in [-0.05, 0) is 51.3 Å². The zero-order valence-electron chi connectivity index (χ0n) is 12.4. The molecule has 106 valence electrons. The average molecular weight is 260 g/mol. The van der Waals surface area contributed by atoms with Crippen LogP contribution in [-0.4, -0.2) is 36.6 Å². The molecule has 0 aliphatic carbocycles. The lowest BCUT2D eigenvalue weighted by Gasteiger charge is -2.34. The summed E-state index contributed by atoms with van der Waals surface area (Å²) < 4.78 is 0. The van der Waals surface area contributed by atoms with Crippen LogP contribution in [0.1, 0.15) is 38.7 Å². The van der Waals surface area contributed by atoms with Crippen LogP contribution in [0.15, 0.2) is 30.3 Å². The Morgan fingerprint density at radius 3 is 2.74 bits per heavy atom. The van der Waals surface area contributed by atoms with E-state index in [4.69, 9.17) is 0 Å². The lowest BCUT2D eigenvalue weighted by molar-refractivity contribution is 0.146. The normalized spacial score (nSPS) is 20.9. The van der Waals surface area contributed by atoms with Crippen molar-refractivity contribution in [1.29, 1.82) is 0 Å². The molecule has 2 nitrogen and oxygen atoms in total. The molecular weight excluding hydrogens is 232 g/mol. The summed E-state index contributed by atoms with van der Waals surface area (Å²) in [5, 5.41) is 3.50. The fourth-order valence-electron chi connectivity index (χ4n) is 3.13. The molecule has 1 aliphatic heterocycles. The van der Waals surface area contributed by atoms with Crippen molar-refractivity contribution in [1.82, 2.24) is 10.2 Å². The van der Waals surface area contributed by atoms with Gasteiger partial charge in [0, 0.05) is 18.6 Å². The molecule has 2 atom stereocenters. The summed E-state index contributed by atoms with van der Waals surface area (Å²) in [4.78, 5) is 2.73. The molecule has 0 radical (unpaired) electrons. The molecule has 1 N–H and O–H groups in total. The summed E-state index contributed by atoms with van der Waals surface area (Å²) in [7, 11) is 0. The Morgan fingerprint density at radius 2 is 2.11 bits per heavy atom. The van der Waals surface area contributed by atoms with E-state index >= 15 is 0 Å². The summed E-state index contributed by atoms with van der Waals surface area (Å²) in [6.45, 7) is 8.30. The number of nitrogens with zero attached hydrogens (tertiary/aromatic N) is 1. The highest BCUT2D eigenvalue weighted by atomic mass is 15.2. The van der Waals surface area contributed by atoms with Crippen LogP contribution in [0.5, 0.6) is 0 Å². The fourth-order valence-corrected chi connectivity index (χ4v) is 3.13. The van der Waals surface area contributed by atoms with Crippen molar-refractivity contribution < 1.29 is 0 Å². The first kappa shape index (κ1) is 14.5. The maximum absolute atomic E-state index is 3.50. The molecule has 0 bridgehead atoms. The summed E-state index contributed by atoms with van der Waals surface area (Å²) in [5.41, 5.74) is 1.47. The molecule has 2 unspecified atom stereocenters. The molecule has 0 spiro atoms. The zero-order valence-corrected chi connectivity index (χ0v) is 12.4. The Morgan fingerprint density at radius 1 is 1.32 bits per heavy atom. The van der Waals surface area contributed by atoms with Crippen molar-refractivity contribution >= 4 is 0 Å². The van der Waals surface area contributed by atoms with E-state index in [1.165, 1.54) is 50.9 Å². The van der Waals surface area contributed by atoms with Crippen LogP contribution in [0.4, 0.5) is 0 Å². The summed E-state index contributed by atoms with van der Waals surface area (Å²) in [6.07, 6.45) is 5.03. The van der Waals surface area contributed by atoms with Crippen LogP contribution in [0.25, 0.3) is 0 Å². The van der Waals surface area contributed by atoms with E-state index in [1.54, 1.807) is 0 Å². The van der Waals surface area contributed by atoms with Crippen LogP contribution in [0.2, 0.25) is 0 Å². The van der Waals surface area contributed by atoms with Gasteiger partial charge in [-0.2, -0.15) is 0 Å². The number of hydrogen-bond acceptors (Lipinski definition) is 2. The van der Waals surface area contributed by atoms with Gasteiger partial charge in [-0.3, -0.25) is 4.90 Å². The van der Waals surface area contributed by atoms with E-state index in [-0.39, 0.29) is 0 Å². The maximum atomic E-state index is 3.50. The third kappa shape index (κ3) is 4.32. The van der Waals surface area contributed by atoms with Crippen LogP contribution in [-0.2, 0) is 6.42 Å².